The Balaban J connectivity index is 2.17. The number of hydrogen-bond donors (Lipinski definition) is 2. The van der Waals surface area contributed by atoms with E-state index >= 15 is 0 Å². The van der Waals surface area contributed by atoms with E-state index in [1.807, 2.05) is 18.3 Å². The van der Waals surface area contributed by atoms with E-state index in [0.717, 1.165) is 50.3 Å². The zero-order valence-electron chi connectivity index (χ0n) is 12.8. The summed E-state index contributed by atoms with van der Waals surface area (Å²) in [5.41, 5.74) is 17.4. The van der Waals surface area contributed by atoms with Gasteiger partial charge in [-0.25, -0.2) is 0 Å². The van der Waals surface area contributed by atoms with Gasteiger partial charge in [0.2, 0.25) is 0 Å². The molecule has 2 heterocycles. The third-order valence-corrected chi connectivity index (χ3v) is 5.91. The lowest BCUT2D eigenvalue weighted by Gasteiger charge is -2.18. The molecule has 0 aliphatic carbocycles. The standard InChI is InChI=1S/C18H15Cl2N3S/c19-9-3-4-10(13(20)6-9)16-11-2-1-5-23-14(11)7-15-17(16)12(8-21)18(22)24-15/h3-7H,1-2,8,21-22H2. The Kier molecular flexibility index (Phi) is 4.01. The van der Waals surface area contributed by atoms with Gasteiger partial charge in [-0.15, -0.1) is 11.3 Å². The normalized spacial score (nSPS) is 13.5. The van der Waals surface area contributed by atoms with E-state index < -0.39 is 0 Å². The van der Waals surface area contributed by atoms with Gasteiger partial charge in [-0.1, -0.05) is 29.3 Å². The quantitative estimate of drug-likeness (QED) is 0.615. The number of halogens is 2. The summed E-state index contributed by atoms with van der Waals surface area (Å²) in [6, 6.07) is 7.70. The van der Waals surface area contributed by atoms with E-state index in [-0.39, 0.29) is 0 Å². The first kappa shape index (κ1) is 15.9. The van der Waals surface area contributed by atoms with Crippen molar-refractivity contribution in [3.63, 3.8) is 0 Å². The van der Waals surface area contributed by atoms with Crippen LogP contribution in [0.2, 0.25) is 10.0 Å². The van der Waals surface area contributed by atoms with Crippen molar-refractivity contribution in [2.75, 3.05) is 5.73 Å². The molecule has 0 saturated heterocycles. The second-order valence-corrected chi connectivity index (χ2v) is 7.67. The minimum atomic E-state index is 0.395. The molecule has 0 radical (unpaired) electrons. The molecule has 3 aromatic rings. The number of thiophene rings is 1. The second kappa shape index (κ2) is 6.05. The highest BCUT2D eigenvalue weighted by Crippen LogP contribution is 2.48. The van der Waals surface area contributed by atoms with Crippen molar-refractivity contribution in [1.82, 2.24) is 0 Å². The Hall–Kier alpha value is -1.59. The number of nitrogen functional groups attached to an aromatic ring is 1. The van der Waals surface area contributed by atoms with Crippen molar-refractivity contribution in [3.05, 3.63) is 45.4 Å². The summed E-state index contributed by atoms with van der Waals surface area (Å²) >= 11 is 14.2. The molecule has 4 rings (SSSR count). The molecule has 6 heteroatoms. The van der Waals surface area contributed by atoms with Crippen LogP contribution in [-0.4, -0.2) is 6.21 Å². The molecule has 2 aromatic carbocycles. The minimum Gasteiger partial charge on any atom is -0.390 e. The maximum atomic E-state index is 6.53. The summed E-state index contributed by atoms with van der Waals surface area (Å²) < 4.78 is 1.09. The van der Waals surface area contributed by atoms with Gasteiger partial charge in [-0.05, 0) is 42.2 Å². The van der Waals surface area contributed by atoms with Crippen LogP contribution in [0.5, 0.6) is 0 Å². The summed E-state index contributed by atoms with van der Waals surface area (Å²) in [5, 5.41) is 3.09. The van der Waals surface area contributed by atoms with Gasteiger partial charge in [-0.2, -0.15) is 0 Å². The van der Waals surface area contributed by atoms with Gasteiger partial charge in [0.15, 0.2) is 0 Å². The molecular weight excluding hydrogens is 361 g/mol. The van der Waals surface area contributed by atoms with Gasteiger partial charge in [-0.3, -0.25) is 4.99 Å². The van der Waals surface area contributed by atoms with E-state index in [1.165, 1.54) is 5.56 Å². The lowest BCUT2D eigenvalue weighted by Crippen LogP contribution is -2.02. The number of nitrogens with two attached hydrogens (primary N) is 2. The molecule has 122 valence electrons. The van der Waals surface area contributed by atoms with Crippen LogP contribution in [0.4, 0.5) is 10.7 Å². The summed E-state index contributed by atoms with van der Waals surface area (Å²) in [6.45, 7) is 0.395. The fraction of sp³-hybridized carbons (Fsp3) is 0.167. The van der Waals surface area contributed by atoms with Gasteiger partial charge in [0.25, 0.3) is 0 Å². The average Bonchev–Trinajstić information content (AvgIpc) is 2.88. The monoisotopic (exact) mass is 375 g/mol. The van der Waals surface area contributed by atoms with Gasteiger partial charge in [0.05, 0.1) is 10.7 Å². The van der Waals surface area contributed by atoms with Crippen molar-refractivity contribution in [2.45, 2.75) is 19.4 Å². The fourth-order valence-electron chi connectivity index (χ4n) is 3.30. The number of benzene rings is 2. The predicted molar refractivity (Wildman–Crippen MR) is 106 cm³/mol. The molecule has 0 spiro atoms. The fourth-order valence-corrected chi connectivity index (χ4v) is 4.85. The van der Waals surface area contributed by atoms with Gasteiger partial charge < -0.3 is 11.5 Å². The predicted octanol–water partition coefficient (Wildman–Crippen LogP) is 5.56. The first-order valence-corrected chi connectivity index (χ1v) is 9.22. The van der Waals surface area contributed by atoms with E-state index in [1.54, 1.807) is 17.4 Å². The molecule has 0 unspecified atom stereocenters. The number of nitrogens with zero attached hydrogens (tertiary/aromatic N) is 1. The van der Waals surface area contributed by atoms with Gasteiger partial charge in [0.1, 0.15) is 0 Å². The summed E-state index contributed by atoms with van der Waals surface area (Å²) in [6.07, 6.45) is 3.79. The van der Waals surface area contributed by atoms with E-state index in [0.29, 0.717) is 16.6 Å². The maximum Gasteiger partial charge on any atom is 0.0914 e. The maximum absolute atomic E-state index is 6.53. The number of rotatable bonds is 2. The van der Waals surface area contributed by atoms with Crippen molar-refractivity contribution >= 4 is 61.5 Å². The van der Waals surface area contributed by atoms with Crippen molar-refractivity contribution in [3.8, 4) is 11.1 Å². The SMILES string of the molecule is NCc1c(N)sc2cc3c(c(-c4ccc(Cl)cc4Cl)c12)CCC=N3. The molecule has 24 heavy (non-hydrogen) atoms. The number of aliphatic imine (C=N–C) groups is 1. The zero-order chi connectivity index (χ0) is 16.8. The van der Waals surface area contributed by atoms with E-state index in [9.17, 15) is 0 Å². The van der Waals surface area contributed by atoms with Crippen LogP contribution >= 0.6 is 34.5 Å². The first-order chi connectivity index (χ1) is 11.6. The molecule has 1 aromatic heterocycles. The number of hydrogen-bond acceptors (Lipinski definition) is 4. The Morgan fingerprint density at radius 2 is 2.04 bits per heavy atom. The highest BCUT2D eigenvalue weighted by Gasteiger charge is 2.22. The molecule has 4 N–H and O–H groups in total. The van der Waals surface area contributed by atoms with Crippen molar-refractivity contribution in [2.24, 2.45) is 10.7 Å². The number of fused-ring (bicyclic) bond motifs is 2. The number of anilines is 1. The van der Waals surface area contributed by atoms with Crippen LogP contribution in [0, 0.1) is 0 Å². The highest BCUT2D eigenvalue weighted by atomic mass is 35.5. The molecular formula is C18H15Cl2N3S. The molecule has 0 saturated carbocycles. The second-order valence-electron chi connectivity index (χ2n) is 5.75. The van der Waals surface area contributed by atoms with Gasteiger partial charge in [0, 0.05) is 44.0 Å². The molecule has 0 bridgehead atoms. The van der Waals surface area contributed by atoms with Crippen LogP contribution in [-0.2, 0) is 13.0 Å². The Labute approximate surface area is 153 Å². The molecule has 3 nitrogen and oxygen atoms in total. The lowest BCUT2D eigenvalue weighted by molar-refractivity contribution is 1.03. The highest BCUT2D eigenvalue weighted by molar-refractivity contribution is 7.23. The summed E-state index contributed by atoms with van der Waals surface area (Å²) in [5.74, 6) is 0. The Bertz CT molecular complexity index is 992. The molecule has 0 atom stereocenters. The van der Waals surface area contributed by atoms with Crippen LogP contribution < -0.4 is 11.5 Å². The molecule has 1 aliphatic rings. The third kappa shape index (κ3) is 2.42. The van der Waals surface area contributed by atoms with E-state index in [2.05, 4.69) is 11.1 Å². The molecule has 0 amide bonds. The topological polar surface area (TPSA) is 64.4 Å². The van der Waals surface area contributed by atoms with Crippen LogP contribution in [0.15, 0.2) is 29.3 Å². The van der Waals surface area contributed by atoms with Crippen LogP contribution in [0.3, 0.4) is 0 Å². The summed E-state index contributed by atoms with van der Waals surface area (Å²) in [4.78, 5) is 4.58. The first-order valence-electron chi connectivity index (χ1n) is 7.65. The average molecular weight is 376 g/mol. The zero-order valence-corrected chi connectivity index (χ0v) is 15.1. The van der Waals surface area contributed by atoms with Crippen LogP contribution in [0.1, 0.15) is 17.5 Å². The van der Waals surface area contributed by atoms with Crippen molar-refractivity contribution < 1.29 is 0 Å². The largest absolute Gasteiger partial charge is 0.390 e. The minimum absolute atomic E-state index is 0.395. The summed E-state index contributed by atoms with van der Waals surface area (Å²) in [7, 11) is 0. The Morgan fingerprint density at radius 1 is 1.21 bits per heavy atom. The van der Waals surface area contributed by atoms with Crippen LogP contribution in [0.25, 0.3) is 21.2 Å². The molecule has 1 aliphatic heterocycles. The smallest absolute Gasteiger partial charge is 0.0914 e. The lowest BCUT2D eigenvalue weighted by atomic mass is 9.89. The van der Waals surface area contributed by atoms with Crippen molar-refractivity contribution in [1.29, 1.82) is 0 Å². The molecule has 0 fully saturated rings. The van der Waals surface area contributed by atoms with Gasteiger partial charge >= 0.3 is 0 Å². The Morgan fingerprint density at radius 3 is 2.79 bits per heavy atom. The third-order valence-electron chi connectivity index (χ3n) is 4.35. The van der Waals surface area contributed by atoms with E-state index in [4.69, 9.17) is 34.7 Å².